The Morgan fingerprint density at radius 2 is 1.00 bits per heavy atom. The number of nitrogens with zero attached hydrogens (tertiary/aromatic N) is 6. The lowest BCUT2D eigenvalue weighted by Crippen LogP contribution is -2.60. The minimum Gasteiger partial charge on any atom is -0.341 e. The van der Waals surface area contributed by atoms with Gasteiger partial charge >= 0.3 is 0 Å². The number of carbonyl (C=O) groups excluding carboxylic acids is 6. The topological polar surface area (TPSA) is 221 Å². The third kappa shape index (κ3) is 12.9. The van der Waals surface area contributed by atoms with Crippen molar-refractivity contribution in [2.24, 2.45) is 0 Å². The Hall–Kier alpha value is -7.44. The van der Waals surface area contributed by atoms with E-state index >= 15 is 0 Å². The minimum absolute atomic E-state index is 0.00274. The molecule has 4 aromatic carbocycles. The fourth-order valence-corrected chi connectivity index (χ4v) is 12.9. The minimum atomic E-state index is -0.901. The first-order valence-electron chi connectivity index (χ1n) is 30.1. The van der Waals surface area contributed by atoms with E-state index in [0.717, 1.165) is 133 Å². The van der Waals surface area contributed by atoms with Crippen LogP contribution in [0.1, 0.15) is 140 Å². The van der Waals surface area contributed by atoms with Crippen molar-refractivity contribution in [1.29, 1.82) is 0 Å². The van der Waals surface area contributed by atoms with E-state index in [0.29, 0.717) is 38.8 Å². The average molecular weight is 1120 g/mol. The Bertz CT molecular complexity index is 2990. The zero-order valence-corrected chi connectivity index (χ0v) is 48.1. The van der Waals surface area contributed by atoms with Crippen molar-refractivity contribution < 1.29 is 28.8 Å². The van der Waals surface area contributed by atoms with Crippen LogP contribution in [0.5, 0.6) is 0 Å². The fourth-order valence-electron chi connectivity index (χ4n) is 12.9. The number of carbonyl (C=O) groups is 6. The lowest BCUT2D eigenvalue weighted by atomic mass is 10.0. The van der Waals surface area contributed by atoms with Gasteiger partial charge in [0.2, 0.25) is 35.4 Å². The molecule has 434 valence electrons. The van der Waals surface area contributed by atoms with Crippen LogP contribution in [-0.4, -0.2) is 152 Å². The van der Waals surface area contributed by atoms with Gasteiger partial charge in [0.15, 0.2) is 0 Å². The maximum Gasteiger partial charge on any atom is 0.247 e. The second-order valence-electron chi connectivity index (χ2n) is 23.1. The molecule has 10 rings (SSSR count). The molecule has 4 aliphatic heterocycles. The standard InChI is InChI=1S/C64H82N12O6/c1-41(65-3)61(79)69-51-39-73(37-35-45-31-33-53(75(45)63(51)81)59-67-49-27-19-25-47(57(49)71-59)43-21-13-11-14-22-43)55(77)29-17-9-7-5-6-8-10-18-30-56(78)74-38-36-46-32-34-54(76(46)64(82)52(40-74)70-62(80)42(2)66-4)60-68-50-28-20-26-48(58(50)72-60)44-23-15-12-16-24-44/h11-16,19-28,41-42,45-46,51-54,65-66H,5-10,17-18,29-40H2,1-4H3,(H,67,71)(H,68,72)(H,69,79)(H,70,80)/t41-,42-,45+,46+,51-,52-,53-,54-/m0/s1. The molecule has 6 amide bonds. The monoisotopic (exact) mass is 1110 g/mol. The van der Waals surface area contributed by atoms with Gasteiger partial charge in [-0.3, -0.25) is 28.8 Å². The van der Waals surface area contributed by atoms with Gasteiger partial charge in [0.05, 0.1) is 46.2 Å². The van der Waals surface area contributed by atoms with E-state index in [2.05, 4.69) is 67.6 Å². The normalized spacial score (nSPS) is 22.0. The van der Waals surface area contributed by atoms with Crippen molar-refractivity contribution in [1.82, 2.24) is 60.8 Å². The highest BCUT2D eigenvalue weighted by molar-refractivity contribution is 5.95. The highest BCUT2D eigenvalue weighted by Crippen LogP contribution is 2.41. The first-order valence-corrected chi connectivity index (χ1v) is 30.1. The van der Waals surface area contributed by atoms with E-state index in [1.165, 1.54) is 0 Å². The smallest absolute Gasteiger partial charge is 0.247 e. The van der Waals surface area contributed by atoms with Gasteiger partial charge in [0.1, 0.15) is 23.7 Å². The predicted octanol–water partition coefficient (Wildman–Crippen LogP) is 8.09. The number of likely N-dealkylation sites (N-methyl/N-ethyl adjacent to an activating group) is 2. The van der Waals surface area contributed by atoms with Crippen LogP contribution in [-0.2, 0) is 28.8 Å². The molecule has 0 bridgehead atoms. The molecule has 8 atom stereocenters. The largest absolute Gasteiger partial charge is 0.341 e. The molecule has 0 saturated carbocycles. The molecule has 6 aromatic rings. The number of unbranched alkanes of at least 4 members (excludes halogenated alkanes) is 7. The van der Waals surface area contributed by atoms with Crippen LogP contribution < -0.4 is 21.3 Å². The van der Waals surface area contributed by atoms with E-state index in [1.54, 1.807) is 37.7 Å². The number of aromatic amines is 2. The zero-order chi connectivity index (χ0) is 57.3. The van der Waals surface area contributed by atoms with Crippen LogP contribution in [0.3, 0.4) is 0 Å². The second kappa shape index (κ2) is 26.6. The van der Waals surface area contributed by atoms with Crippen LogP contribution in [0.25, 0.3) is 44.3 Å². The number of amides is 6. The average Bonchev–Trinajstić information content (AvgIpc) is 4.39. The third-order valence-corrected chi connectivity index (χ3v) is 17.8. The van der Waals surface area contributed by atoms with Gasteiger partial charge in [0, 0.05) is 62.2 Å². The van der Waals surface area contributed by atoms with Crippen LogP contribution in [0.2, 0.25) is 0 Å². The van der Waals surface area contributed by atoms with E-state index in [-0.39, 0.29) is 72.7 Å². The fraction of sp³-hybridized carbons (Fsp3) is 0.500. The zero-order valence-electron chi connectivity index (χ0n) is 48.1. The van der Waals surface area contributed by atoms with Gasteiger partial charge in [-0.1, -0.05) is 123 Å². The van der Waals surface area contributed by atoms with Gasteiger partial charge in [-0.05, 0) is 103 Å². The lowest BCUT2D eigenvalue weighted by Gasteiger charge is -2.39. The van der Waals surface area contributed by atoms with E-state index in [9.17, 15) is 28.8 Å². The van der Waals surface area contributed by atoms with Gasteiger partial charge < -0.3 is 50.8 Å². The first-order chi connectivity index (χ1) is 39.9. The van der Waals surface area contributed by atoms with Gasteiger partial charge in [0.25, 0.3) is 0 Å². The summed E-state index contributed by atoms with van der Waals surface area (Å²) in [5.41, 5.74) is 7.72. The Balaban J connectivity index is 0.681. The number of benzene rings is 4. The Kier molecular flexibility index (Phi) is 18.8. The summed E-state index contributed by atoms with van der Waals surface area (Å²) in [6.45, 7) is 4.73. The van der Waals surface area contributed by atoms with Gasteiger partial charge in [-0.2, -0.15) is 0 Å². The number of hydrogen-bond donors (Lipinski definition) is 6. The van der Waals surface area contributed by atoms with E-state index < -0.39 is 24.2 Å². The molecule has 4 fully saturated rings. The molecule has 4 saturated heterocycles. The van der Waals surface area contributed by atoms with Crippen LogP contribution in [0.15, 0.2) is 97.1 Å². The quantitative estimate of drug-likeness (QED) is 0.0381. The maximum absolute atomic E-state index is 14.7. The summed E-state index contributed by atoms with van der Waals surface area (Å²) in [4.78, 5) is 109. The van der Waals surface area contributed by atoms with Crippen LogP contribution in [0, 0.1) is 0 Å². The van der Waals surface area contributed by atoms with Crippen molar-refractivity contribution in [3.63, 3.8) is 0 Å². The molecular weight excluding hydrogens is 1030 g/mol. The van der Waals surface area contributed by atoms with Gasteiger partial charge in [-0.15, -0.1) is 0 Å². The summed E-state index contributed by atoms with van der Waals surface area (Å²) < 4.78 is 0. The maximum atomic E-state index is 14.7. The summed E-state index contributed by atoms with van der Waals surface area (Å²) in [7, 11) is 3.42. The number of hydrogen-bond acceptors (Lipinski definition) is 10. The number of fused-ring (bicyclic) bond motifs is 4. The van der Waals surface area contributed by atoms with E-state index in [4.69, 9.17) is 9.97 Å². The van der Waals surface area contributed by atoms with E-state index in [1.807, 2.05) is 70.5 Å². The highest BCUT2D eigenvalue weighted by Gasteiger charge is 2.46. The summed E-state index contributed by atoms with van der Waals surface area (Å²) in [6, 6.07) is 28.9. The van der Waals surface area contributed by atoms with Crippen molar-refractivity contribution in [2.45, 2.75) is 165 Å². The Morgan fingerprint density at radius 3 is 1.51 bits per heavy atom. The summed E-state index contributed by atoms with van der Waals surface area (Å²) in [5.74, 6) is 0.507. The molecule has 0 spiro atoms. The molecule has 0 unspecified atom stereocenters. The van der Waals surface area contributed by atoms with Crippen molar-refractivity contribution in [3.8, 4) is 22.3 Å². The Labute approximate surface area is 481 Å². The molecule has 18 heteroatoms. The molecule has 6 heterocycles. The SMILES string of the molecule is CN[C@@H](C)C(=O)N[C@H]1CN(C(=O)CCCCCCCCCCC(=O)N2CC[C@H]3CC[C@@H](c4nc5cccc(-c6ccccc6)c5[nH]4)N3C(=O)[C@@H](NC(=O)[C@H](C)NC)C2)CC[C@H]2CC[C@@H](c3nc4c(-c5ccccc5)cccc4[nH]3)N2C1=O. The molecule has 2 aromatic heterocycles. The predicted molar refractivity (Wildman–Crippen MR) is 318 cm³/mol. The lowest BCUT2D eigenvalue weighted by molar-refractivity contribution is -0.144. The van der Waals surface area contributed by atoms with Crippen molar-refractivity contribution in [3.05, 3.63) is 109 Å². The molecule has 18 nitrogen and oxygen atoms in total. The molecular formula is C64H82N12O6. The van der Waals surface area contributed by atoms with Crippen molar-refractivity contribution in [2.75, 3.05) is 40.3 Å². The summed E-state index contributed by atoms with van der Waals surface area (Å²) in [5, 5.41) is 12.0. The molecule has 0 radical (unpaired) electrons. The number of imidazole rings is 2. The van der Waals surface area contributed by atoms with Crippen LogP contribution >= 0.6 is 0 Å². The van der Waals surface area contributed by atoms with Crippen LogP contribution in [0.4, 0.5) is 0 Å². The van der Waals surface area contributed by atoms with Crippen molar-refractivity contribution >= 4 is 57.5 Å². The molecule has 82 heavy (non-hydrogen) atoms. The third-order valence-electron chi connectivity index (χ3n) is 17.8. The highest BCUT2D eigenvalue weighted by atomic mass is 16.2. The number of H-pyrrole nitrogens is 2. The number of rotatable bonds is 21. The molecule has 6 N–H and O–H groups in total. The Morgan fingerprint density at radius 1 is 0.537 bits per heavy atom. The summed E-state index contributed by atoms with van der Waals surface area (Å²) in [6.07, 6.45) is 12.4. The number of nitrogens with one attached hydrogen (secondary N) is 6. The number of aromatic nitrogens is 4. The first kappa shape index (κ1) is 57.8. The summed E-state index contributed by atoms with van der Waals surface area (Å²) >= 11 is 0. The van der Waals surface area contributed by atoms with Gasteiger partial charge in [-0.25, -0.2) is 9.97 Å². The number of para-hydroxylation sites is 2. The molecule has 0 aliphatic carbocycles. The molecule has 4 aliphatic rings. The second-order valence-corrected chi connectivity index (χ2v) is 23.1.